The van der Waals surface area contributed by atoms with Crippen LogP contribution in [0.5, 0.6) is 5.75 Å². The molecule has 2 aliphatic rings. The number of aromatic nitrogens is 1. The third-order valence-electron chi connectivity index (χ3n) is 9.27. The molecular formula is C31H35F2N3O5S. The summed E-state index contributed by atoms with van der Waals surface area (Å²) in [4.78, 5) is 32.0. The largest absolute Gasteiger partial charge is 0.497 e. The first kappa shape index (κ1) is 30.1. The fraction of sp³-hybridized carbons (Fsp3) is 0.452. The summed E-state index contributed by atoms with van der Waals surface area (Å²) >= 11 is 1.33. The number of fused-ring (bicyclic) bond motifs is 2. The number of rotatable bonds is 8. The predicted molar refractivity (Wildman–Crippen MR) is 154 cm³/mol. The molecule has 0 spiro atoms. The third kappa shape index (κ3) is 5.65. The van der Waals surface area contributed by atoms with E-state index in [0.717, 1.165) is 10.9 Å². The number of hydrogen-bond donors (Lipinski definition) is 4. The van der Waals surface area contributed by atoms with Crippen molar-refractivity contribution < 1.29 is 33.3 Å². The van der Waals surface area contributed by atoms with Crippen molar-refractivity contribution in [2.75, 3.05) is 19.0 Å². The Bertz CT molecular complexity index is 1460. The number of nitrogens with one attached hydrogen (secondary N) is 2. The van der Waals surface area contributed by atoms with Gasteiger partial charge in [0.1, 0.15) is 17.4 Å². The molecule has 1 heterocycles. The fourth-order valence-electron chi connectivity index (χ4n) is 6.78. The third-order valence-corrected chi connectivity index (χ3v) is 10.3. The fourth-order valence-corrected chi connectivity index (χ4v) is 7.85. The molecule has 42 heavy (non-hydrogen) atoms. The highest BCUT2D eigenvalue weighted by Gasteiger charge is 2.59. The number of carbonyl (C=O) groups excluding carboxylic acids is 2. The topological polar surface area (TPSA) is 121 Å². The smallest absolute Gasteiger partial charge is 0.257 e. The summed E-state index contributed by atoms with van der Waals surface area (Å²) in [6, 6.07) is 9.83. The first-order chi connectivity index (χ1) is 20.0. The van der Waals surface area contributed by atoms with Gasteiger partial charge in [-0.2, -0.15) is 0 Å². The van der Waals surface area contributed by atoms with Gasteiger partial charge in [0.2, 0.25) is 5.91 Å². The Kier molecular flexibility index (Phi) is 8.37. The maximum atomic E-state index is 13.7. The maximum absolute atomic E-state index is 13.7. The average Bonchev–Trinajstić information content (AvgIpc) is 3.36. The zero-order valence-corrected chi connectivity index (χ0v) is 24.6. The molecule has 1 aromatic heterocycles. The number of benzene rings is 2. The van der Waals surface area contributed by atoms with E-state index in [9.17, 15) is 28.6 Å². The number of ether oxygens (including phenoxy) is 1. The van der Waals surface area contributed by atoms with Crippen LogP contribution >= 0.6 is 11.3 Å². The second-order valence-corrected chi connectivity index (χ2v) is 12.9. The number of aliphatic hydroxyl groups excluding tert-OH is 2. The molecule has 0 saturated heterocycles. The number of nitrogens with zero attached hydrogens (tertiary/aromatic N) is 1. The minimum Gasteiger partial charge on any atom is -0.497 e. The Labute approximate surface area is 247 Å². The molecule has 5 rings (SSSR count). The average molecular weight is 600 g/mol. The van der Waals surface area contributed by atoms with Gasteiger partial charge in [-0.05, 0) is 72.6 Å². The number of hydrogen-bond acceptors (Lipinski definition) is 7. The molecule has 11 heteroatoms. The van der Waals surface area contributed by atoms with Crippen molar-refractivity contribution in [3.63, 3.8) is 0 Å². The molecule has 0 aliphatic heterocycles. The van der Waals surface area contributed by atoms with Crippen molar-refractivity contribution in [2.24, 2.45) is 16.7 Å². The molecule has 2 amide bonds. The molecule has 224 valence electrons. The minimum absolute atomic E-state index is 0.0411. The SMILES string of the molecule is COc1ccc(C(=O)Nc2nc3c(s2)CC2C(C)(CO)C(O)CCC2(C)C3CC(=O)NCc2cc(F)cc(F)c2)cc1. The van der Waals surface area contributed by atoms with Crippen molar-refractivity contribution in [1.82, 2.24) is 10.3 Å². The van der Waals surface area contributed by atoms with Crippen molar-refractivity contribution in [3.05, 3.63) is 75.8 Å². The number of halogens is 2. The molecule has 3 aromatic rings. The van der Waals surface area contributed by atoms with Crippen molar-refractivity contribution >= 4 is 28.3 Å². The first-order valence-electron chi connectivity index (χ1n) is 13.9. The lowest BCUT2D eigenvalue weighted by molar-refractivity contribution is -0.144. The number of anilines is 1. The summed E-state index contributed by atoms with van der Waals surface area (Å²) in [5.74, 6) is -2.00. The number of methoxy groups -OCH3 is 1. The number of thiazole rings is 1. The Morgan fingerprint density at radius 1 is 1.14 bits per heavy atom. The Hall–Kier alpha value is -3.41. The van der Waals surface area contributed by atoms with E-state index in [0.29, 0.717) is 47.0 Å². The van der Waals surface area contributed by atoms with Crippen LogP contribution in [0, 0.1) is 28.4 Å². The minimum atomic E-state index is -0.797. The molecular weight excluding hydrogens is 564 g/mol. The summed E-state index contributed by atoms with van der Waals surface area (Å²) in [6.07, 6.45) is 0.959. The van der Waals surface area contributed by atoms with E-state index >= 15 is 0 Å². The monoisotopic (exact) mass is 599 g/mol. The van der Waals surface area contributed by atoms with Crippen LogP contribution in [0.15, 0.2) is 42.5 Å². The first-order valence-corrected chi connectivity index (χ1v) is 14.7. The molecule has 4 N–H and O–H groups in total. The van der Waals surface area contributed by atoms with Crippen LogP contribution in [-0.2, 0) is 17.8 Å². The van der Waals surface area contributed by atoms with E-state index in [4.69, 9.17) is 9.72 Å². The Morgan fingerprint density at radius 3 is 2.48 bits per heavy atom. The summed E-state index contributed by atoms with van der Waals surface area (Å²) in [5.41, 5.74) is 0.171. The lowest BCUT2D eigenvalue weighted by Crippen LogP contribution is -2.57. The van der Waals surface area contributed by atoms with Gasteiger partial charge in [0.25, 0.3) is 5.91 Å². The van der Waals surface area contributed by atoms with Gasteiger partial charge in [-0.1, -0.05) is 13.8 Å². The van der Waals surface area contributed by atoms with E-state index in [1.165, 1.54) is 23.5 Å². The van der Waals surface area contributed by atoms with E-state index in [2.05, 4.69) is 17.6 Å². The van der Waals surface area contributed by atoms with Crippen molar-refractivity contribution in [3.8, 4) is 5.75 Å². The van der Waals surface area contributed by atoms with Crippen LogP contribution in [0.1, 0.15) is 65.5 Å². The normalized spacial score (nSPS) is 26.6. The molecule has 0 bridgehead atoms. The summed E-state index contributed by atoms with van der Waals surface area (Å²) in [6.45, 7) is 3.71. The van der Waals surface area contributed by atoms with Gasteiger partial charge in [0, 0.05) is 40.8 Å². The van der Waals surface area contributed by atoms with Gasteiger partial charge in [-0.25, -0.2) is 13.8 Å². The Morgan fingerprint density at radius 2 is 1.83 bits per heavy atom. The predicted octanol–water partition coefficient (Wildman–Crippen LogP) is 4.80. The highest BCUT2D eigenvalue weighted by molar-refractivity contribution is 7.15. The maximum Gasteiger partial charge on any atom is 0.257 e. The van der Waals surface area contributed by atoms with Crippen LogP contribution < -0.4 is 15.4 Å². The quantitative estimate of drug-likeness (QED) is 0.295. The molecule has 1 fully saturated rings. The van der Waals surface area contributed by atoms with Crippen molar-refractivity contribution in [1.29, 1.82) is 0 Å². The van der Waals surface area contributed by atoms with Crippen LogP contribution in [0.25, 0.3) is 0 Å². The van der Waals surface area contributed by atoms with Gasteiger partial charge in [0.05, 0.1) is 25.5 Å². The molecule has 5 unspecified atom stereocenters. The number of aliphatic hydroxyl groups is 2. The van der Waals surface area contributed by atoms with Crippen LogP contribution in [0.4, 0.5) is 13.9 Å². The number of amides is 2. The molecule has 0 radical (unpaired) electrons. The van der Waals surface area contributed by atoms with Crippen LogP contribution in [0.3, 0.4) is 0 Å². The van der Waals surface area contributed by atoms with E-state index in [-0.39, 0.29) is 43.2 Å². The molecule has 8 nitrogen and oxygen atoms in total. The standard InChI is InChI=1S/C31H35F2N3O5S/c1-30-9-8-25(38)31(2,16-37)24(30)14-23-27(22(30)13-26(39)34-15-17-10-19(32)12-20(33)11-17)35-29(42-23)36-28(40)18-4-6-21(41-3)7-5-18/h4-7,10-12,22,24-25,37-38H,8-9,13-16H2,1-3H3,(H,34,39)(H,35,36,40). The van der Waals surface area contributed by atoms with Crippen LogP contribution in [-0.4, -0.2) is 46.8 Å². The summed E-state index contributed by atoms with van der Waals surface area (Å²) < 4.78 is 32.5. The van der Waals surface area contributed by atoms with E-state index in [1.807, 2.05) is 6.92 Å². The molecule has 5 atom stereocenters. The zero-order chi connectivity index (χ0) is 30.2. The summed E-state index contributed by atoms with van der Waals surface area (Å²) in [5, 5.41) is 27.5. The highest BCUT2D eigenvalue weighted by atomic mass is 32.1. The lowest BCUT2D eigenvalue weighted by atomic mass is 9.47. The van der Waals surface area contributed by atoms with Gasteiger partial charge >= 0.3 is 0 Å². The van der Waals surface area contributed by atoms with E-state index in [1.54, 1.807) is 31.4 Å². The molecule has 1 saturated carbocycles. The summed E-state index contributed by atoms with van der Waals surface area (Å²) in [7, 11) is 1.55. The zero-order valence-electron chi connectivity index (χ0n) is 23.7. The van der Waals surface area contributed by atoms with Gasteiger partial charge < -0.3 is 20.3 Å². The lowest BCUT2D eigenvalue weighted by Gasteiger charge is -2.58. The van der Waals surface area contributed by atoms with Crippen LogP contribution in [0.2, 0.25) is 0 Å². The van der Waals surface area contributed by atoms with Gasteiger partial charge in [0.15, 0.2) is 5.13 Å². The van der Waals surface area contributed by atoms with Gasteiger partial charge in [-0.15, -0.1) is 11.3 Å². The van der Waals surface area contributed by atoms with Gasteiger partial charge in [-0.3, -0.25) is 14.9 Å². The molecule has 2 aliphatic carbocycles. The highest BCUT2D eigenvalue weighted by Crippen LogP contribution is 2.62. The number of carbonyl (C=O) groups is 2. The second-order valence-electron chi connectivity index (χ2n) is 11.8. The van der Waals surface area contributed by atoms with Crippen molar-refractivity contribution in [2.45, 2.75) is 58.1 Å². The van der Waals surface area contributed by atoms with E-state index < -0.39 is 28.6 Å². The molecule has 2 aromatic carbocycles. The second kappa shape index (κ2) is 11.7. The Balaban J connectivity index is 1.43.